The molecule has 144 valence electrons. The molecule has 0 heterocycles. The zero-order chi connectivity index (χ0) is 18.5. The molecule has 0 aromatic carbocycles. The highest BCUT2D eigenvalue weighted by Crippen LogP contribution is 2.10. The van der Waals surface area contributed by atoms with Gasteiger partial charge in [-0.1, -0.05) is 45.4 Å². The van der Waals surface area contributed by atoms with Gasteiger partial charge in [-0.25, -0.2) is 0 Å². The van der Waals surface area contributed by atoms with Gasteiger partial charge in [-0.15, -0.1) is 0 Å². The highest BCUT2D eigenvalue weighted by atomic mass is 16.4. The van der Waals surface area contributed by atoms with Gasteiger partial charge in [0, 0.05) is 20.0 Å². The Morgan fingerprint density at radius 1 is 0.875 bits per heavy atom. The van der Waals surface area contributed by atoms with Crippen LogP contribution < -0.4 is 0 Å². The van der Waals surface area contributed by atoms with Crippen molar-refractivity contribution in [3.63, 3.8) is 0 Å². The van der Waals surface area contributed by atoms with E-state index >= 15 is 0 Å². The molecule has 0 aromatic heterocycles. The third-order valence-electron chi connectivity index (χ3n) is 4.21. The van der Waals surface area contributed by atoms with E-state index in [1.165, 1.54) is 37.6 Å². The summed E-state index contributed by atoms with van der Waals surface area (Å²) < 4.78 is 0. The number of aliphatic hydroxyl groups is 5. The number of aliphatic hydroxyl groups excluding tert-OH is 5. The van der Waals surface area contributed by atoms with E-state index in [1.54, 1.807) is 0 Å². The monoisotopic (exact) mass is 349 g/mol. The predicted molar refractivity (Wildman–Crippen MR) is 91.4 cm³/mol. The molecule has 0 aromatic rings. The standard InChI is InChI=1S/C17H35NO6/c1-3-4-5-6-7-8-9-10-15(22)18(2)11-13(20)16(23)17(24)14(21)12-19/h13-14,16-17,19-21,23-24H,3-12H2,1-2H3/t13-,14-,16-,17+/m0/s1. The number of unbranched alkanes of at least 4 members (excludes halogenated alkanes) is 6. The Bertz CT molecular complexity index is 328. The molecule has 0 saturated carbocycles. The van der Waals surface area contributed by atoms with Gasteiger partial charge in [-0.05, 0) is 6.42 Å². The molecule has 0 radical (unpaired) electrons. The average Bonchev–Trinajstić information content (AvgIpc) is 2.58. The maximum Gasteiger partial charge on any atom is 0.222 e. The van der Waals surface area contributed by atoms with Crippen LogP contribution >= 0.6 is 0 Å². The predicted octanol–water partition coefficient (Wildman–Crippen LogP) is 0.0214. The lowest BCUT2D eigenvalue weighted by molar-refractivity contribution is -0.138. The number of hydrogen-bond acceptors (Lipinski definition) is 6. The number of hydrogen-bond donors (Lipinski definition) is 5. The Kier molecular flexibility index (Phi) is 13.1. The third kappa shape index (κ3) is 9.54. The van der Waals surface area contributed by atoms with Gasteiger partial charge in [0.2, 0.25) is 5.91 Å². The molecule has 24 heavy (non-hydrogen) atoms. The summed E-state index contributed by atoms with van der Waals surface area (Å²) in [5.74, 6) is -0.132. The molecule has 0 rings (SSSR count). The second-order valence-electron chi connectivity index (χ2n) is 6.44. The Morgan fingerprint density at radius 3 is 1.92 bits per heavy atom. The highest BCUT2D eigenvalue weighted by Gasteiger charge is 2.31. The molecule has 0 spiro atoms. The van der Waals surface area contributed by atoms with E-state index < -0.39 is 31.0 Å². The molecule has 1 amide bonds. The Hall–Kier alpha value is -0.730. The van der Waals surface area contributed by atoms with Crippen LogP contribution in [0.2, 0.25) is 0 Å². The van der Waals surface area contributed by atoms with Crippen LogP contribution in [0.3, 0.4) is 0 Å². The van der Waals surface area contributed by atoms with E-state index in [-0.39, 0.29) is 12.5 Å². The number of likely N-dealkylation sites (N-methyl/N-ethyl adjacent to an activating group) is 1. The first-order chi connectivity index (χ1) is 11.3. The molecule has 0 unspecified atom stereocenters. The topological polar surface area (TPSA) is 121 Å². The minimum absolute atomic E-state index is 0.132. The second kappa shape index (κ2) is 13.5. The Morgan fingerprint density at radius 2 is 1.38 bits per heavy atom. The molecule has 0 aliphatic carbocycles. The second-order valence-corrected chi connectivity index (χ2v) is 6.44. The van der Waals surface area contributed by atoms with Crippen molar-refractivity contribution in [1.29, 1.82) is 0 Å². The van der Waals surface area contributed by atoms with Crippen molar-refractivity contribution in [3.05, 3.63) is 0 Å². The molecule has 7 heteroatoms. The van der Waals surface area contributed by atoms with Gasteiger partial charge in [0.15, 0.2) is 0 Å². The van der Waals surface area contributed by atoms with E-state index in [1.807, 2.05) is 0 Å². The lowest BCUT2D eigenvalue weighted by Gasteiger charge is -2.28. The minimum Gasteiger partial charge on any atom is -0.394 e. The minimum atomic E-state index is -1.67. The van der Waals surface area contributed by atoms with Crippen molar-refractivity contribution in [2.45, 2.75) is 82.7 Å². The average molecular weight is 349 g/mol. The fraction of sp³-hybridized carbons (Fsp3) is 0.941. The van der Waals surface area contributed by atoms with Crippen LogP contribution in [-0.2, 0) is 4.79 Å². The van der Waals surface area contributed by atoms with Crippen molar-refractivity contribution in [2.75, 3.05) is 20.2 Å². The molecule has 4 atom stereocenters. The molecular weight excluding hydrogens is 314 g/mol. The zero-order valence-corrected chi connectivity index (χ0v) is 15.0. The quantitative estimate of drug-likeness (QED) is 0.282. The van der Waals surface area contributed by atoms with Crippen LogP contribution in [0, 0.1) is 0 Å². The lowest BCUT2D eigenvalue weighted by atomic mass is 10.0. The number of carbonyl (C=O) groups excluding carboxylic acids is 1. The smallest absolute Gasteiger partial charge is 0.222 e. The normalized spacial score (nSPS) is 16.5. The lowest BCUT2D eigenvalue weighted by Crippen LogP contribution is -2.49. The summed E-state index contributed by atoms with van der Waals surface area (Å²) in [7, 11) is 1.52. The zero-order valence-electron chi connectivity index (χ0n) is 15.0. The van der Waals surface area contributed by atoms with Crippen molar-refractivity contribution in [3.8, 4) is 0 Å². The number of rotatable bonds is 14. The Labute approximate surface area is 144 Å². The molecule has 0 bridgehead atoms. The summed E-state index contributed by atoms with van der Waals surface area (Å²) in [6, 6.07) is 0. The van der Waals surface area contributed by atoms with Crippen molar-refractivity contribution in [1.82, 2.24) is 4.90 Å². The highest BCUT2D eigenvalue weighted by molar-refractivity contribution is 5.75. The summed E-state index contributed by atoms with van der Waals surface area (Å²) in [6.45, 7) is 1.30. The molecule has 7 nitrogen and oxygen atoms in total. The first-order valence-electron chi connectivity index (χ1n) is 8.92. The van der Waals surface area contributed by atoms with Gasteiger partial charge in [-0.2, -0.15) is 0 Å². The summed E-state index contributed by atoms with van der Waals surface area (Å²) in [5.41, 5.74) is 0. The Balaban J connectivity index is 3.99. The van der Waals surface area contributed by atoms with Gasteiger partial charge in [0.1, 0.15) is 24.4 Å². The number of carbonyl (C=O) groups is 1. The first kappa shape index (κ1) is 23.3. The van der Waals surface area contributed by atoms with Gasteiger partial charge in [0.25, 0.3) is 0 Å². The van der Waals surface area contributed by atoms with E-state index in [9.17, 15) is 25.2 Å². The third-order valence-corrected chi connectivity index (χ3v) is 4.21. The van der Waals surface area contributed by atoms with Gasteiger partial charge < -0.3 is 30.4 Å². The van der Waals surface area contributed by atoms with Crippen molar-refractivity contribution in [2.24, 2.45) is 0 Å². The molecule has 0 fully saturated rings. The SMILES string of the molecule is CCCCCCCCCC(=O)N(C)C[C@H](O)[C@H](O)[C@H](O)[C@@H](O)CO. The van der Waals surface area contributed by atoms with Crippen LogP contribution in [0.1, 0.15) is 58.3 Å². The van der Waals surface area contributed by atoms with E-state index in [0.29, 0.717) is 6.42 Å². The maximum absolute atomic E-state index is 12.0. The van der Waals surface area contributed by atoms with E-state index in [0.717, 1.165) is 19.3 Å². The van der Waals surface area contributed by atoms with Crippen molar-refractivity contribution < 1.29 is 30.3 Å². The van der Waals surface area contributed by atoms with Crippen LogP contribution in [0.15, 0.2) is 0 Å². The van der Waals surface area contributed by atoms with Crippen LogP contribution in [0.5, 0.6) is 0 Å². The summed E-state index contributed by atoms with van der Waals surface area (Å²) in [5, 5.41) is 47.1. The van der Waals surface area contributed by atoms with Crippen LogP contribution in [-0.4, -0.2) is 81.0 Å². The van der Waals surface area contributed by atoms with Gasteiger partial charge >= 0.3 is 0 Å². The molecule has 0 aliphatic rings. The maximum atomic E-state index is 12.0. The van der Waals surface area contributed by atoms with Crippen molar-refractivity contribution >= 4 is 5.91 Å². The first-order valence-corrected chi connectivity index (χ1v) is 8.92. The summed E-state index contributed by atoms with van der Waals surface area (Å²) in [4.78, 5) is 13.3. The molecule has 0 aliphatic heterocycles. The van der Waals surface area contributed by atoms with Crippen LogP contribution in [0.25, 0.3) is 0 Å². The summed E-state index contributed by atoms with van der Waals surface area (Å²) >= 11 is 0. The van der Waals surface area contributed by atoms with Gasteiger partial charge in [0.05, 0.1) is 6.61 Å². The van der Waals surface area contributed by atoms with E-state index in [2.05, 4.69) is 6.92 Å². The molecule has 5 N–H and O–H groups in total. The van der Waals surface area contributed by atoms with E-state index in [4.69, 9.17) is 5.11 Å². The number of nitrogens with zero attached hydrogens (tertiary/aromatic N) is 1. The van der Waals surface area contributed by atoms with Crippen LogP contribution in [0.4, 0.5) is 0 Å². The fourth-order valence-electron chi connectivity index (χ4n) is 2.48. The largest absolute Gasteiger partial charge is 0.394 e. The van der Waals surface area contributed by atoms with Gasteiger partial charge in [-0.3, -0.25) is 4.79 Å². The molecular formula is C17H35NO6. The fourth-order valence-corrected chi connectivity index (χ4v) is 2.48. The summed E-state index contributed by atoms with van der Waals surface area (Å²) in [6.07, 6.45) is 1.92. The number of amides is 1. The molecule has 0 saturated heterocycles.